The monoisotopic (exact) mass is 296 g/mol. The van der Waals surface area contributed by atoms with Crippen molar-refractivity contribution in [2.75, 3.05) is 26.0 Å². The van der Waals surface area contributed by atoms with Crippen molar-refractivity contribution in [3.05, 3.63) is 0 Å². The third-order valence-corrected chi connectivity index (χ3v) is 6.15. The predicted octanol–water partition coefficient (Wildman–Crippen LogP) is 2.16. The molecule has 0 aromatic carbocycles. The van der Waals surface area contributed by atoms with Crippen molar-refractivity contribution in [1.82, 2.24) is 8.61 Å². The Labute approximate surface area is 116 Å². The minimum atomic E-state index is -3.34. The summed E-state index contributed by atoms with van der Waals surface area (Å²) in [5.74, 6) is 1.32. The first kappa shape index (κ1) is 16.2. The van der Waals surface area contributed by atoms with Crippen LogP contribution < -0.4 is 0 Å². The van der Waals surface area contributed by atoms with Gasteiger partial charge in [0.15, 0.2) is 0 Å². The van der Waals surface area contributed by atoms with Gasteiger partial charge in [-0.1, -0.05) is 13.8 Å². The number of hydrogen-bond acceptors (Lipinski definition) is 2. The van der Waals surface area contributed by atoms with Crippen molar-refractivity contribution in [3.8, 4) is 0 Å². The highest BCUT2D eigenvalue weighted by atomic mass is 35.5. The molecule has 18 heavy (non-hydrogen) atoms. The molecule has 0 amide bonds. The summed E-state index contributed by atoms with van der Waals surface area (Å²) in [5.41, 5.74) is 0. The molecular formula is C12H25ClN2O2S. The van der Waals surface area contributed by atoms with Crippen LogP contribution in [0.25, 0.3) is 0 Å². The molecule has 0 aliphatic carbocycles. The molecule has 1 aliphatic heterocycles. The van der Waals surface area contributed by atoms with Crippen molar-refractivity contribution < 1.29 is 8.42 Å². The second-order valence-electron chi connectivity index (χ2n) is 5.50. The zero-order chi connectivity index (χ0) is 13.9. The lowest BCUT2D eigenvalue weighted by Crippen LogP contribution is -2.53. The molecule has 0 aromatic rings. The van der Waals surface area contributed by atoms with Crippen LogP contribution in [0, 0.1) is 11.8 Å². The standard InChI is InChI=1S/C12H25ClN2O2S/c1-10-8-11(2)12(3)15(9-10)18(16,17)14(4)7-5-6-13/h10-12H,5-9H2,1-4H3. The van der Waals surface area contributed by atoms with Gasteiger partial charge in [0.2, 0.25) is 0 Å². The van der Waals surface area contributed by atoms with Gasteiger partial charge in [-0.3, -0.25) is 0 Å². The van der Waals surface area contributed by atoms with Crippen LogP contribution in [0.15, 0.2) is 0 Å². The smallest absolute Gasteiger partial charge is 0.195 e. The topological polar surface area (TPSA) is 40.6 Å². The van der Waals surface area contributed by atoms with Crippen molar-refractivity contribution in [3.63, 3.8) is 0 Å². The van der Waals surface area contributed by atoms with E-state index in [-0.39, 0.29) is 6.04 Å². The summed E-state index contributed by atoms with van der Waals surface area (Å²) < 4.78 is 28.1. The summed E-state index contributed by atoms with van der Waals surface area (Å²) in [4.78, 5) is 0. The van der Waals surface area contributed by atoms with Crippen LogP contribution in [-0.2, 0) is 10.2 Å². The Morgan fingerprint density at radius 2 is 1.94 bits per heavy atom. The van der Waals surface area contributed by atoms with E-state index < -0.39 is 10.2 Å². The van der Waals surface area contributed by atoms with Crippen LogP contribution in [-0.4, -0.2) is 49.1 Å². The van der Waals surface area contributed by atoms with Crippen LogP contribution in [0.3, 0.4) is 0 Å². The molecule has 1 aliphatic rings. The Bertz CT molecular complexity index is 361. The lowest BCUT2D eigenvalue weighted by Gasteiger charge is -2.41. The van der Waals surface area contributed by atoms with Crippen molar-refractivity contribution in [1.29, 1.82) is 0 Å². The van der Waals surface area contributed by atoms with Crippen molar-refractivity contribution in [2.45, 2.75) is 39.7 Å². The highest BCUT2D eigenvalue weighted by Crippen LogP contribution is 2.29. The normalized spacial score (nSPS) is 30.9. The van der Waals surface area contributed by atoms with Crippen molar-refractivity contribution in [2.24, 2.45) is 11.8 Å². The maximum atomic E-state index is 12.5. The van der Waals surface area contributed by atoms with Crippen LogP contribution in [0.2, 0.25) is 0 Å². The van der Waals surface area contributed by atoms with Gasteiger partial charge < -0.3 is 0 Å². The molecule has 4 nitrogen and oxygen atoms in total. The van der Waals surface area contributed by atoms with Gasteiger partial charge in [0.05, 0.1) is 0 Å². The fourth-order valence-corrected chi connectivity index (χ4v) is 4.45. The Morgan fingerprint density at radius 1 is 1.33 bits per heavy atom. The zero-order valence-electron chi connectivity index (χ0n) is 11.8. The summed E-state index contributed by atoms with van der Waals surface area (Å²) in [6, 6.07) is 0.0738. The minimum absolute atomic E-state index is 0.0738. The number of halogens is 1. The molecule has 1 saturated heterocycles. The number of nitrogens with zero attached hydrogens (tertiary/aromatic N) is 2. The second-order valence-corrected chi connectivity index (χ2v) is 7.87. The zero-order valence-corrected chi connectivity index (χ0v) is 13.3. The van der Waals surface area contributed by atoms with Gasteiger partial charge >= 0.3 is 0 Å². The molecule has 6 heteroatoms. The second kappa shape index (κ2) is 6.55. The summed E-state index contributed by atoms with van der Waals surface area (Å²) in [7, 11) is -1.70. The Morgan fingerprint density at radius 3 is 2.50 bits per heavy atom. The van der Waals surface area contributed by atoms with Gasteiger partial charge in [-0.2, -0.15) is 17.0 Å². The van der Waals surface area contributed by atoms with Crippen LogP contribution in [0.5, 0.6) is 0 Å². The fraction of sp³-hybridized carbons (Fsp3) is 1.00. The first-order valence-electron chi connectivity index (χ1n) is 6.59. The van der Waals surface area contributed by atoms with E-state index in [2.05, 4.69) is 13.8 Å². The van der Waals surface area contributed by atoms with Crippen LogP contribution >= 0.6 is 11.6 Å². The van der Waals surface area contributed by atoms with E-state index in [1.165, 1.54) is 4.31 Å². The maximum absolute atomic E-state index is 12.5. The lowest BCUT2D eigenvalue weighted by atomic mass is 9.88. The molecule has 108 valence electrons. The highest BCUT2D eigenvalue weighted by Gasteiger charge is 2.38. The summed E-state index contributed by atoms with van der Waals surface area (Å²) in [5, 5.41) is 0. The molecule has 3 atom stereocenters. The first-order valence-corrected chi connectivity index (χ1v) is 8.53. The number of alkyl halides is 1. The van der Waals surface area contributed by atoms with Crippen LogP contribution in [0.1, 0.15) is 33.6 Å². The molecule has 1 heterocycles. The molecule has 0 bridgehead atoms. The minimum Gasteiger partial charge on any atom is -0.195 e. The number of rotatable bonds is 5. The van der Waals surface area contributed by atoms with E-state index in [0.717, 1.165) is 6.42 Å². The van der Waals surface area contributed by atoms with Gasteiger partial charge in [-0.25, -0.2) is 0 Å². The Balaban J connectivity index is 2.82. The molecule has 3 unspecified atom stereocenters. The van der Waals surface area contributed by atoms with Gasteiger partial charge in [-0.15, -0.1) is 11.6 Å². The van der Waals surface area contributed by atoms with Gasteiger partial charge in [0, 0.05) is 32.1 Å². The van der Waals surface area contributed by atoms with Gasteiger partial charge in [0.25, 0.3) is 10.2 Å². The maximum Gasteiger partial charge on any atom is 0.281 e. The van der Waals surface area contributed by atoms with E-state index in [0.29, 0.717) is 37.2 Å². The predicted molar refractivity (Wildman–Crippen MR) is 76.0 cm³/mol. The average Bonchev–Trinajstić information content (AvgIpc) is 2.30. The summed E-state index contributed by atoms with van der Waals surface area (Å²) in [6.07, 6.45) is 1.78. The quantitative estimate of drug-likeness (QED) is 0.730. The third-order valence-electron chi connectivity index (χ3n) is 3.84. The Hall–Kier alpha value is 0.160. The van der Waals surface area contributed by atoms with Gasteiger partial charge in [0.1, 0.15) is 0 Å². The highest BCUT2D eigenvalue weighted by molar-refractivity contribution is 7.86. The molecular weight excluding hydrogens is 272 g/mol. The summed E-state index contributed by atoms with van der Waals surface area (Å²) >= 11 is 5.62. The molecule has 0 radical (unpaired) electrons. The van der Waals surface area contributed by atoms with E-state index in [1.807, 2.05) is 6.92 Å². The number of piperidine rings is 1. The van der Waals surface area contributed by atoms with E-state index in [1.54, 1.807) is 11.4 Å². The van der Waals surface area contributed by atoms with Gasteiger partial charge in [-0.05, 0) is 31.6 Å². The average molecular weight is 297 g/mol. The first-order chi connectivity index (χ1) is 8.30. The molecule has 0 N–H and O–H groups in total. The van der Waals surface area contributed by atoms with E-state index >= 15 is 0 Å². The summed E-state index contributed by atoms with van der Waals surface area (Å²) in [6.45, 7) is 7.35. The molecule has 1 fully saturated rings. The van der Waals surface area contributed by atoms with E-state index in [9.17, 15) is 8.42 Å². The Kier molecular flexibility index (Phi) is 5.90. The lowest BCUT2D eigenvalue weighted by molar-refractivity contribution is 0.149. The van der Waals surface area contributed by atoms with Crippen LogP contribution in [0.4, 0.5) is 0 Å². The van der Waals surface area contributed by atoms with Crippen molar-refractivity contribution >= 4 is 21.8 Å². The molecule has 0 saturated carbocycles. The molecule has 0 aromatic heterocycles. The largest absolute Gasteiger partial charge is 0.281 e. The van der Waals surface area contributed by atoms with E-state index in [4.69, 9.17) is 11.6 Å². The third kappa shape index (κ3) is 3.59. The molecule has 1 rings (SSSR count). The fourth-order valence-electron chi connectivity index (χ4n) is 2.54. The number of hydrogen-bond donors (Lipinski definition) is 0. The SMILES string of the molecule is CC1CC(C)C(C)N(S(=O)(=O)N(C)CCCCl)C1. The molecule has 0 spiro atoms.